The summed E-state index contributed by atoms with van der Waals surface area (Å²) in [6.45, 7) is 4.84. The SMILES string of the molecule is CC1NC2(c3cccs3)CCC1(c1cccs1)CC2C. The third-order valence-electron chi connectivity index (χ3n) is 5.75. The fraction of sp³-hybridized carbons (Fsp3) is 0.529. The smallest absolute Gasteiger partial charge is 0.0557 e. The Morgan fingerprint density at radius 2 is 1.75 bits per heavy atom. The van der Waals surface area contributed by atoms with E-state index in [0.29, 0.717) is 17.4 Å². The van der Waals surface area contributed by atoms with Crippen molar-refractivity contribution in [2.24, 2.45) is 5.92 Å². The first kappa shape index (κ1) is 13.1. The number of fused-ring (bicyclic) bond motifs is 3. The van der Waals surface area contributed by atoms with Gasteiger partial charge in [0, 0.05) is 21.2 Å². The van der Waals surface area contributed by atoms with Crippen molar-refractivity contribution in [2.75, 3.05) is 0 Å². The molecule has 3 aliphatic rings. The van der Waals surface area contributed by atoms with Crippen molar-refractivity contribution in [1.82, 2.24) is 5.32 Å². The van der Waals surface area contributed by atoms with Crippen molar-refractivity contribution in [3.8, 4) is 0 Å². The van der Waals surface area contributed by atoms with Crippen LogP contribution in [0.5, 0.6) is 0 Å². The fourth-order valence-electron chi connectivity index (χ4n) is 4.59. The molecule has 2 aliphatic heterocycles. The number of hydrogen-bond acceptors (Lipinski definition) is 3. The lowest BCUT2D eigenvalue weighted by atomic mass is 9.54. The van der Waals surface area contributed by atoms with Crippen LogP contribution in [0.15, 0.2) is 35.0 Å². The lowest BCUT2D eigenvalue weighted by molar-refractivity contribution is -0.000280. The maximum atomic E-state index is 4.03. The molecule has 4 heterocycles. The van der Waals surface area contributed by atoms with Crippen LogP contribution in [-0.2, 0) is 11.0 Å². The normalized spacial score (nSPS) is 40.1. The zero-order chi connectivity index (χ0) is 13.8. The van der Waals surface area contributed by atoms with E-state index in [1.165, 1.54) is 24.1 Å². The molecule has 4 atom stereocenters. The molecule has 2 bridgehead atoms. The van der Waals surface area contributed by atoms with Gasteiger partial charge in [0.25, 0.3) is 0 Å². The monoisotopic (exact) mass is 303 g/mol. The van der Waals surface area contributed by atoms with E-state index in [-0.39, 0.29) is 5.54 Å². The minimum atomic E-state index is 0.229. The summed E-state index contributed by atoms with van der Waals surface area (Å²) in [5, 5.41) is 8.48. The third kappa shape index (κ3) is 1.57. The maximum Gasteiger partial charge on any atom is 0.0557 e. The third-order valence-corrected chi connectivity index (χ3v) is 7.89. The van der Waals surface area contributed by atoms with Crippen LogP contribution in [0, 0.1) is 5.92 Å². The van der Waals surface area contributed by atoms with Gasteiger partial charge in [0.05, 0.1) is 5.54 Å². The van der Waals surface area contributed by atoms with Gasteiger partial charge in [-0.15, -0.1) is 22.7 Å². The van der Waals surface area contributed by atoms with Gasteiger partial charge >= 0.3 is 0 Å². The van der Waals surface area contributed by atoms with Crippen molar-refractivity contribution < 1.29 is 0 Å². The molecular weight excluding hydrogens is 282 g/mol. The van der Waals surface area contributed by atoms with Gasteiger partial charge in [0.15, 0.2) is 0 Å². The second kappa shape index (κ2) is 4.43. The molecule has 2 aromatic heterocycles. The standard InChI is InChI=1S/C17H21NS2/c1-12-11-16(14-5-3-9-19-14)7-8-17(12,18-13(16)2)15-6-4-10-20-15/h3-6,9-10,12-13,18H,7-8,11H2,1-2H3. The molecule has 3 heteroatoms. The van der Waals surface area contributed by atoms with Crippen LogP contribution in [0.3, 0.4) is 0 Å². The molecule has 3 fully saturated rings. The molecule has 1 N–H and O–H groups in total. The summed E-state index contributed by atoms with van der Waals surface area (Å²) in [6, 6.07) is 9.64. The van der Waals surface area contributed by atoms with Crippen molar-refractivity contribution in [1.29, 1.82) is 0 Å². The van der Waals surface area contributed by atoms with Crippen LogP contribution >= 0.6 is 22.7 Å². The first-order chi connectivity index (χ1) is 9.67. The molecule has 0 amide bonds. The van der Waals surface area contributed by atoms with Crippen LogP contribution in [-0.4, -0.2) is 6.04 Å². The summed E-state index contributed by atoms with van der Waals surface area (Å²) >= 11 is 3.86. The van der Waals surface area contributed by atoms with Crippen molar-refractivity contribution in [3.05, 3.63) is 44.8 Å². The van der Waals surface area contributed by atoms with Gasteiger partial charge in [-0.25, -0.2) is 0 Å². The van der Waals surface area contributed by atoms with E-state index >= 15 is 0 Å². The van der Waals surface area contributed by atoms with E-state index in [4.69, 9.17) is 0 Å². The molecule has 20 heavy (non-hydrogen) atoms. The van der Waals surface area contributed by atoms with Crippen molar-refractivity contribution >= 4 is 22.7 Å². The molecule has 0 spiro atoms. The molecule has 106 valence electrons. The van der Waals surface area contributed by atoms with Crippen LogP contribution in [0.4, 0.5) is 0 Å². The predicted octanol–water partition coefficient (Wildman–Crippen LogP) is 4.75. The first-order valence-corrected chi connectivity index (χ1v) is 9.29. The van der Waals surface area contributed by atoms with E-state index in [1.807, 2.05) is 22.7 Å². The van der Waals surface area contributed by atoms with Gasteiger partial charge < -0.3 is 5.32 Å². The second-order valence-corrected chi connectivity index (χ2v) is 8.45. The number of piperidine rings is 2. The molecule has 2 saturated heterocycles. The highest BCUT2D eigenvalue weighted by Gasteiger charge is 2.58. The second-order valence-electron chi connectivity index (χ2n) is 6.55. The molecule has 1 saturated carbocycles. The minimum Gasteiger partial charge on any atom is -0.303 e. The number of rotatable bonds is 2. The summed E-state index contributed by atoms with van der Waals surface area (Å²) in [5.74, 6) is 0.702. The molecule has 5 rings (SSSR count). The summed E-state index contributed by atoms with van der Waals surface area (Å²) in [6.07, 6.45) is 3.92. The van der Waals surface area contributed by atoms with Crippen LogP contribution < -0.4 is 5.32 Å². The highest BCUT2D eigenvalue weighted by molar-refractivity contribution is 7.10. The van der Waals surface area contributed by atoms with Gasteiger partial charge in [-0.2, -0.15) is 0 Å². The molecule has 0 aromatic carbocycles. The Labute approximate surface area is 129 Å². The van der Waals surface area contributed by atoms with Gasteiger partial charge in [-0.05, 0) is 55.0 Å². The molecule has 1 nitrogen and oxygen atoms in total. The van der Waals surface area contributed by atoms with Crippen molar-refractivity contribution in [3.63, 3.8) is 0 Å². The molecule has 1 aliphatic carbocycles. The van der Waals surface area contributed by atoms with Gasteiger partial charge in [0.2, 0.25) is 0 Å². The maximum absolute atomic E-state index is 4.03. The molecule has 4 unspecified atom stereocenters. The molecule has 2 aromatic rings. The van der Waals surface area contributed by atoms with Gasteiger partial charge in [-0.1, -0.05) is 19.1 Å². The van der Waals surface area contributed by atoms with Gasteiger partial charge in [0.1, 0.15) is 0 Å². The van der Waals surface area contributed by atoms with Crippen molar-refractivity contribution in [2.45, 2.75) is 50.1 Å². The van der Waals surface area contributed by atoms with Crippen LogP contribution in [0.2, 0.25) is 0 Å². The van der Waals surface area contributed by atoms with E-state index in [2.05, 4.69) is 54.2 Å². The van der Waals surface area contributed by atoms with E-state index in [1.54, 1.807) is 4.88 Å². The zero-order valence-corrected chi connectivity index (χ0v) is 13.7. The Morgan fingerprint density at radius 1 is 1.05 bits per heavy atom. The summed E-state index contributed by atoms with van der Waals surface area (Å²) < 4.78 is 0. The first-order valence-electron chi connectivity index (χ1n) is 7.53. The Morgan fingerprint density at radius 3 is 2.30 bits per heavy atom. The summed E-state index contributed by atoms with van der Waals surface area (Å²) in [4.78, 5) is 3.13. The lowest BCUT2D eigenvalue weighted by Crippen LogP contribution is -2.68. The molecular formula is C17H21NS2. The van der Waals surface area contributed by atoms with E-state index < -0.39 is 0 Å². The predicted molar refractivity (Wildman–Crippen MR) is 87.6 cm³/mol. The lowest BCUT2D eigenvalue weighted by Gasteiger charge is -2.60. The largest absolute Gasteiger partial charge is 0.303 e. The number of thiophene rings is 2. The minimum absolute atomic E-state index is 0.229. The van der Waals surface area contributed by atoms with Gasteiger partial charge in [-0.3, -0.25) is 0 Å². The highest BCUT2D eigenvalue weighted by Crippen LogP contribution is 2.57. The molecule has 0 radical (unpaired) electrons. The zero-order valence-electron chi connectivity index (χ0n) is 12.1. The summed E-state index contributed by atoms with van der Waals surface area (Å²) in [5.41, 5.74) is 0.596. The average Bonchev–Trinajstić information content (AvgIpc) is 3.14. The van der Waals surface area contributed by atoms with E-state index in [9.17, 15) is 0 Å². The topological polar surface area (TPSA) is 12.0 Å². The van der Waals surface area contributed by atoms with Crippen LogP contribution in [0.25, 0.3) is 0 Å². The summed E-state index contributed by atoms with van der Waals surface area (Å²) in [7, 11) is 0. The average molecular weight is 303 g/mol. The Hall–Kier alpha value is -0.640. The Kier molecular flexibility index (Phi) is 2.89. The van der Waals surface area contributed by atoms with Crippen LogP contribution in [0.1, 0.15) is 42.9 Å². The fourth-order valence-corrected chi connectivity index (χ4v) is 6.68. The number of hydrogen-bond donors (Lipinski definition) is 1. The Balaban J connectivity index is 1.77. The quantitative estimate of drug-likeness (QED) is 0.844. The highest BCUT2D eigenvalue weighted by atomic mass is 32.1. The van der Waals surface area contributed by atoms with E-state index in [0.717, 1.165) is 0 Å². The number of nitrogens with one attached hydrogen (secondary N) is 1. The Bertz CT molecular complexity index is 534.